The fourth-order valence-corrected chi connectivity index (χ4v) is 1.48. The minimum Gasteiger partial charge on any atom is -0.479 e. The molecule has 17 heavy (non-hydrogen) atoms. The van der Waals surface area contributed by atoms with E-state index in [9.17, 15) is 9.59 Å². The normalized spacial score (nSPS) is 11.1. The van der Waals surface area contributed by atoms with Crippen molar-refractivity contribution in [1.29, 1.82) is 0 Å². The van der Waals surface area contributed by atoms with E-state index < -0.39 is 17.5 Å². The zero-order chi connectivity index (χ0) is 13.1. The van der Waals surface area contributed by atoms with Crippen molar-refractivity contribution in [3.05, 3.63) is 29.8 Å². The highest BCUT2D eigenvalue weighted by Crippen LogP contribution is 2.20. The van der Waals surface area contributed by atoms with Gasteiger partial charge in [0.2, 0.25) is 0 Å². The quantitative estimate of drug-likeness (QED) is 0.505. The number of benzene rings is 1. The average molecular weight is 239 g/mol. The number of carbonyl (C=O) groups is 2. The molecule has 0 aliphatic heterocycles. The minimum absolute atomic E-state index is 0.292. The third-order valence-electron chi connectivity index (χ3n) is 2.44. The van der Waals surface area contributed by atoms with Gasteiger partial charge in [0.25, 0.3) is 5.60 Å². The van der Waals surface area contributed by atoms with Gasteiger partial charge in [0.05, 0.1) is 0 Å². The lowest BCUT2D eigenvalue weighted by molar-refractivity contribution is -0.179. The summed E-state index contributed by atoms with van der Waals surface area (Å²) in [6.07, 6.45) is -0.292. The van der Waals surface area contributed by atoms with E-state index in [2.05, 4.69) is 4.74 Å². The van der Waals surface area contributed by atoms with E-state index in [0.29, 0.717) is 11.3 Å². The van der Waals surface area contributed by atoms with E-state index in [-0.39, 0.29) is 6.42 Å². The second kappa shape index (κ2) is 4.84. The number of ether oxygens (including phenoxy) is 1. The molecule has 92 valence electrons. The van der Waals surface area contributed by atoms with Gasteiger partial charge < -0.3 is 20.7 Å². The van der Waals surface area contributed by atoms with Gasteiger partial charge in [-0.15, -0.1) is 0 Å². The van der Waals surface area contributed by atoms with Crippen molar-refractivity contribution in [2.24, 2.45) is 0 Å². The summed E-state index contributed by atoms with van der Waals surface area (Å²) in [4.78, 5) is 22.1. The van der Waals surface area contributed by atoms with Crippen LogP contribution < -0.4 is 5.73 Å². The number of rotatable bonds is 5. The van der Waals surface area contributed by atoms with Crippen molar-refractivity contribution in [2.45, 2.75) is 12.0 Å². The molecule has 0 saturated carbocycles. The van der Waals surface area contributed by atoms with E-state index in [1.165, 1.54) is 6.07 Å². The van der Waals surface area contributed by atoms with Gasteiger partial charge in [0.15, 0.2) is 0 Å². The molecule has 1 aromatic rings. The lowest BCUT2D eigenvalue weighted by atomic mass is 9.94. The van der Waals surface area contributed by atoms with Crippen molar-refractivity contribution in [3.63, 3.8) is 0 Å². The highest BCUT2D eigenvalue weighted by Gasteiger charge is 2.47. The minimum atomic E-state index is -2.28. The lowest BCUT2D eigenvalue weighted by Crippen LogP contribution is -2.50. The fraction of sp³-hybridized carbons (Fsp3) is 0.273. The molecule has 0 bridgehead atoms. The Hall–Kier alpha value is -2.08. The molecular formula is C11H13NO5. The average Bonchev–Trinajstić information content (AvgIpc) is 2.25. The molecule has 0 fully saturated rings. The fourth-order valence-electron chi connectivity index (χ4n) is 1.48. The van der Waals surface area contributed by atoms with E-state index in [4.69, 9.17) is 15.9 Å². The smallest absolute Gasteiger partial charge is 0.348 e. The molecule has 0 heterocycles. The van der Waals surface area contributed by atoms with Crippen LogP contribution in [0.4, 0.5) is 5.69 Å². The zero-order valence-electron chi connectivity index (χ0n) is 9.21. The van der Waals surface area contributed by atoms with Crippen molar-refractivity contribution >= 4 is 17.6 Å². The SMILES string of the molecule is COC(Cc1cccc(N)c1)(C(=O)O)C(=O)O. The molecule has 4 N–H and O–H groups in total. The Morgan fingerprint density at radius 1 is 1.35 bits per heavy atom. The largest absolute Gasteiger partial charge is 0.479 e. The van der Waals surface area contributed by atoms with Crippen LogP contribution in [-0.4, -0.2) is 34.9 Å². The number of methoxy groups -OCH3 is 1. The predicted octanol–water partition coefficient (Wildman–Crippen LogP) is 0.366. The number of aliphatic carboxylic acids is 2. The summed E-state index contributed by atoms with van der Waals surface area (Å²) in [6, 6.07) is 6.35. The maximum atomic E-state index is 11.0. The Bertz CT molecular complexity index is 429. The van der Waals surface area contributed by atoms with Crippen LogP contribution in [0.1, 0.15) is 5.56 Å². The predicted molar refractivity (Wildman–Crippen MR) is 59.6 cm³/mol. The van der Waals surface area contributed by atoms with E-state index in [0.717, 1.165) is 7.11 Å². The van der Waals surface area contributed by atoms with Gasteiger partial charge in [-0.3, -0.25) is 0 Å². The Morgan fingerprint density at radius 2 is 1.94 bits per heavy atom. The molecule has 6 heteroatoms. The molecule has 0 aliphatic rings. The molecule has 0 radical (unpaired) electrons. The number of nitrogen functional groups attached to an aromatic ring is 1. The summed E-state index contributed by atoms with van der Waals surface area (Å²) >= 11 is 0. The summed E-state index contributed by atoms with van der Waals surface area (Å²) in [7, 11) is 1.05. The first-order chi connectivity index (χ1) is 7.92. The Balaban J connectivity index is 3.10. The summed E-state index contributed by atoms with van der Waals surface area (Å²) in [5.41, 5.74) is 4.17. The molecule has 0 unspecified atom stereocenters. The first kappa shape index (κ1) is 13.0. The van der Waals surface area contributed by atoms with Crippen LogP contribution >= 0.6 is 0 Å². The van der Waals surface area contributed by atoms with Crippen molar-refractivity contribution in [1.82, 2.24) is 0 Å². The summed E-state index contributed by atoms with van der Waals surface area (Å²) < 4.78 is 4.66. The Labute approximate surface area is 97.6 Å². The molecular weight excluding hydrogens is 226 g/mol. The summed E-state index contributed by atoms with van der Waals surface area (Å²) in [5.74, 6) is -3.09. The Morgan fingerprint density at radius 3 is 2.35 bits per heavy atom. The van der Waals surface area contributed by atoms with Crippen LogP contribution in [0.2, 0.25) is 0 Å². The maximum absolute atomic E-state index is 11.0. The van der Waals surface area contributed by atoms with Crippen LogP contribution in [0.5, 0.6) is 0 Å². The highest BCUT2D eigenvalue weighted by molar-refractivity contribution is 6.02. The number of nitrogens with two attached hydrogens (primary N) is 1. The van der Waals surface area contributed by atoms with Crippen molar-refractivity contribution in [2.75, 3.05) is 12.8 Å². The third kappa shape index (κ3) is 2.54. The van der Waals surface area contributed by atoms with Gasteiger partial charge in [0.1, 0.15) is 0 Å². The number of anilines is 1. The highest BCUT2D eigenvalue weighted by atomic mass is 16.5. The van der Waals surface area contributed by atoms with Gasteiger partial charge in [-0.05, 0) is 17.7 Å². The number of carboxylic acid groups (broad SMARTS) is 2. The van der Waals surface area contributed by atoms with Gasteiger partial charge in [-0.2, -0.15) is 0 Å². The third-order valence-corrected chi connectivity index (χ3v) is 2.44. The Kier molecular flexibility index (Phi) is 3.69. The van der Waals surface area contributed by atoms with Crippen LogP contribution in [0, 0.1) is 0 Å². The first-order valence-corrected chi connectivity index (χ1v) is 4.78. The molecule has 1 aromatic carbocycles. The van der Waals surface area contributed by atoms with Gasteiger partial charge in [0, 0.05) is 19.2 Å². The molecule has 6 nitrogen and oxygen atoms in total. The van der Waals surface area contributed by atoms with E-state index in [1.54, 1.807) is 18.2 Å². The monoisotopic (exact) mass is 239 g/mol. The second-order valence-corrected chi connectivity index (χ2v) is 3.56. The van der Waals surface area contributed by atoms with E-state index >= 15 is 0 Å². The molecule has 0 amide bonds. The number of hydrogen-bond donors (Lipinski definition) is 3. The van der Waals surface area contributed by atoms with Gasteiger partial charge in [-0.1, -0.05) is 12.1 Å². The lowest BCUT2D eigenvalue weighted by Gasteiger charge is -2.23. The van der Waals surface area contributed by atoms with Crippen molar-refractivity contribution < 1.29 is 24.5 Å². The van der Waals surface area contributed by atoms with Crippen molar-refractivity contribution in [3.8, 4) is 0 Å². The maximum Gasteiger partial charge on any atom is 0.348 e. The topological polar surface area (TPSA) is 110 Å². The molecule has 0 saturated heterocycles. The summed E-state index contributed by atoms with van der Waals surface area (Å²) in [6.45, 7) is 0. The number of hydrogen-bond acceptors (Lipinski definition) is 4. The second-order valence-electron chi connectivity index (χ2n) is 3.56. The molecule has 0 aromatic heterocycles. The van der Waals surface area contributed by atoms with Gasteiger partial charge in [-0.25, -0.2) is 9.59 Å². The summed E-state index contributed by atoms with van der Waals surface area (Å²) in [5, 5.41) is 18.0. The van der Waals surface area contributed by atoms with Crippen LogP contribution in [0.3, 0.4) is 0 Å². The molecule has 0 atom stereocenters. The zero-order valence-corrected chi connectivity index (χ0v) is 9.21. The first-order valence-electron chi connectivity index (χ1n) is 4.78. The standard InChI is InChI=1S/C11H13NO5/c1-17-11(9(13)14,10(15)16)6-7-3-2-4-8(12)5-7/h2-5H,6,12H2,1H3,(H,13,14)(H,15,16). The molecule has 0 aliphatic carbocycles. The molecule has 0 spiro atoms. The van der Waals surface area contributed by atoms with Crippen LogP contribution in [0.25, 0.3) is 0 Å². The molecule has 1 rings (SSSR count). The number of carboxylic acids is 2. The van der Waals surface area contributed by atoms with E-state index in [1.807, 2.05) is 0 Å². The van der Waals surface area contributed by atoms with Gasteiger partial charge >= 0.3 is 11.9 Å². The van der Waals surface area contributed by atoms with Crippen LogP contribution in [-0.2, 0) is 20.7 Å². The van der Waals surface area contributed by atoms with Crippen LogP contribution in [0.15, 0.2) is 24.3 Å².